The van der Waals surface area contributed by atoms with E-state index in [2.05, 4.69) is 18.7 Å². The lowest BCUT2D eigenvalue weighted by atomic mass is 9.55. The summed E-state index contributed by atoms with van der Waals surface area (Å²) >= 11 is 0. The second-order valence-electron chi connectivity index (χ2n) is 11.3. The third-order valence-electron chi connectivity index (χ3n) is 9.46. The molecule has 7 atom stereocenters. The van der Waals surface area contributed by atoms with Gasteiger partial charge in [0.15, 0.2) is 0 Å². The zero-order valence-corrected chi connectivity index (χ0v) is 19.8. The molecule has 5 fully saturated rings. The van der Waals surface area contributed by atoms with E-state index in [4.69, 9.17) is 9.47 Å². The maximum atomic E-state index is 13.2. The summed E-state index contributed by atoms with van der Waals surface area (Å²) < 4.78 is 51.9. The van der Waals surface area contributed by atoms with E-state index < -0.39 is 17.3 Å². The Labute approximate surface area is 198 Å². The molecule has 2 saturated carbocycles. The van der Waals surface area contributed by atoms with Crippen molar-refractivity contribution in [2.45, 2.75) is 63.0 Å². The molecular weight excluding hydrogens is 445 g/mol. The summed E-state index contributed by atoms with van der Waals surface area (Å²) in [5, 5.41) is 0. The number of piperazine rings is 1. The number of halogens is 3. The molecule has 0 radical (unpaired) electrons. The van der Waals surface area contributed by atoms with Crippen LogP contribution < -0.4 is 4.90 Å². The number of alkyl halides is 3. The number of ether oxygens (including phenoxy) is 2. The van der Waals surface area contributed by atoms with Gasteiger partial charge in [0.1, 0.15) is 11.7 Å². The fourth-order valence-electron chi connectivity index (χ4n) is 7.61. The van der Waals surface area contributed by atoms with E-state index in [9.17, 15) is 18.0 Å². The Bertz CT molecular complexity index is 978. The van der Waals surface area contributed by atoms with Gasteiger partial charge in [0.2, 0.25) is 0 Å². The molecule has 7 unspecified atom stereocenters. The Hall–Kier alpha value is -1.80. The first kappa shape index (κ1) is 22.7. The fourth-order valence-corrected chi connectivity index (χ4v) is 7.61. The van der Waals surface area contributed by atoms with Crippen molar-refractivity contribution in [2.75, 3.05) is 37.6 Å². The van der Waals surface area contributed by atoms with E-state index in [1.807, 2.05) is 4.90 Å². The summed E-state index contributed by atoms with van der Waals surface area (Å²) in [6.07, 6.45) is -0.100. The molecular formula is C26H33F3N2O3. The number of anilines is 1. The summed E-state index contributed by atoms with van der Waals surface area (Å²) in [4.78, 5) is 17.5. The summed E-state index contributed by atoms with van der Waals surface area (Å²) in [5.41, 5.74) is -0.622. The molecule has 3 heterocycles. The van der Waals surface area contributed by atoms with Crippen molar-refractivity contribution < 1.29 is 27.4 Å². The average molecular weight is 479 g/mol. The van der Waals surface area contributed by atoms with E-state index in [0.717, 1.165) is 44.8 Å². The van der Waals surface area contributed by atoms with Crippen LogP contribution in [0.5, 0.6) is 0 Å². The van der Waals surface area contributed by atoms with Crippen molar-refractivity contribution in [2.24, 2.45) is 23.7 Å². The summed E-state index contributed by atoms with van der Waals surface area (Å²) in [7, 11) is 0. The number of carbonyl (C=O) groups is 1. The number of benzene rings is 1. The van der Waals surface area contributed by atoms with Gasteiger partial charge in [-0.05, 0) is 56.7 Å². The summed E-state index contributed by atoms with van der Waals surface area (Å²) in [6, 6.07) is 5.55. The Kier molecular flexibility index (Phi) is 5.06. The molecule has 5 aliphatic rings. The van der Waals surface area contributed by atoms with Gasteiger partial charge in [0, 0.05) is 50.2 Å². The molecule has 1 spiro atoms. The lowest BCUT2D eigenvalue weighted by Gasteiger charge is -2.50. The van der Waals surface area contributed by atoms with Gasteiger partial charge in [-0.3, -0.25) is 9.69 Å². The first-order valence-electron chi connectivity index (χ1n) is 12.7. The maximum absolute atomic E-state index is 13.2. The van der Waals surface area contributed by atoms with E-state index in [1.54, 1.807) is 6.07 Å². The number of nitrogens with zero attached hydrogens (tertiary/aromatic N) is 2. The highest BCUT2D eigenvalue weighted by molar-refractivity contribution is 5.77. The molecule has 3 aliphatic heterocycles. The summed E-state index contributed by atoms with van der Waals surface area (Å²) in [5.74, 6) is 0.867. The second-order valence-corrected chi connectivity index (χ2v) is 11.3. The van der Waals surface area contributed by atoms with Gasteiger partial charge in [-0.25, -0.2) is 0 Å². The van der Waals surface area contributed by atoms with Crippen LogP contribution >= 0.6 is 0 Å². The Morgan fingerprint density at radius 3 is 2.59 bits per heavy atom. The van der Waals surface area contributed by atoms with E-state index in [0.29, 0.717) is 37.2 Å². The zero-order chi connectivity index (χ0) is 23.9. The van der Waals surface area contributed by atoms with Crippen LogP contribution in [0.3, 0.4) is 0 Å². The smallest absolute Gasteiger partial charge is 0.416 e. The lowest BCUT2D eigenvalue weighted by Crippen LogP contribution is -2.58. The first-order chi connectivity index (χ1) is 16.1. The van der Waals surface area contributed by atoms with Crippen molar-refractivity contribution >= 4 is 11.7 Å². The molecule has 1 aromatic rings. The van der Waals surface area contributed by atoms with E-state index in [-0.39, 0.29) is 29.5 Å². The molecule has 0 N–H and O–H groups in total. The fraction of sp³-hybridized carbons (Fsp3) is 0.731. The van der Waals surface area contributed by atoms with Gasteiger partial charge in [-0.1, -0.05) is 13.0 Å². The molecule has 186 valence electrons. The normalized spacial score (nSPS) is 42.0. The molecule has 8 heteroatoms. The standard InChI is InChI=1S/C26H33F3N2O3/c1-16-6-7-21-19(22(32)33-25(21)20(16)8-9-24(2)23(25)34-24)15-30-10-12-31(13-11-30)18-5-3-4-17(14-18)26(27,28)29/h3-5,14,16,19-21,23H,6-13,15H2,1-2H3. The number of fused-ring (bicyclic) bond motifs is 1. The number of hydrogen-bond acceptors (Lipinski definition) is 5. The number of epoxide rings is 1. The van der Waals surface area contributed by atoms with Gasteiger partial charge in [0.05, 0.1) is 17.1 Å². The molecule has 6 rings (SSSR count). The van der Waals surface area contributed by atoms with Gasteiger partial charge in [-0.2, -0.15) is 13.2 Å². The van der Waals surface area contributed by atoms with Crippen molar-refractivity contribution in [3.8, 4) is 0 Å². The molecule has 0 amide bonds. The highest BCUT2D eigenvalue weighted by Gasteiger charge is 2.77. The molecule has 1 aromatic carbocycles. The lowest BCUT2D eigenvalue weighted by molar-refractivity contribution is -0.168. The Morgan fingerprint density at radius 1 is 1.09 bits per heavy atom. The van der Waals surface area contributed by atoms with Gasteiger partial charge in [0.25, 0.3) is 0 Å². The van der Waals surface area contributed by atoms with Crippen LogP contribution in [0.2, 0.25) is 0 Å². The van der Waals surface area contributed by atoms with E-state index in [1.165, 1.54) is 12.1 Å². The van der Waals surface area contributed by atoms with Crippen LogP contribution in [0.15, 0.2) is 24.3 Å². The molecule has 2 aliphatic carbocycles. The van der Waals surface area contributed by atoms with Crippen molar-refractivity contribution in [1.82, 2.24) is 4.90 Å². The van der Waals surface area contributed by atoms with Gasteiger partial charge < -0.3 is 14.4 Å². The molecule has 34 heavy (non-hydrogen) atoms. The SMILES string of the molecule is CC1CCC2C(CN3CCN(c4cccc(C(F)(F)F)c4)CC3)C(=O)OC23C1CCC1(C)OC13. The molecule has 0 aromatic heterocycles. The van der Waals surface area contributed by atoms with Crippen LogP contribution in [-0.2, 0) is 20.4 Å². The van der Waals surface area contributed by atoms with Crippen LogP contribution in [0.1, 0.15) is 45.1 Å². The maximum Gasteiger partial charge on any atom is 0.416 e. The van der Waals surface area contributed by atoms with Gasteiger partial charge >= 0.3 is 12.1 Å². The van der Waals surface area contributed by atoms with Crippen molar-refractivity contribution in [3.63, 3.8) is 0 Å². The number of hydrogen-bond donors (Lipinski definition) is 0. The van der Waals surface area contributed by atoms with Crippen LogP contribution in [0, 0.1) is 23.7 Å². The average Bonchev–Trinajstić information content (AvgIpc) is 3.43. The van der Waals surface area contributed by atoms with Crippen LogP contribution in [0.4, 0.5) is 18.9 Å². The quantitative estimate of drug-likeness (QED) is 0.478. The minimum absolute atomic E-state index is 0.0261. The van der Waals surface area contributed by atoms with E-state index >= 15 is 0 Å². The second kappa shape index (κ2) is 7.60. The van der Waals surface area contributed by atoms with Crippen molar-refractivity contribution in [1.29, 1.82) is 0 Å². The zero-order valence-electron chi connectivity index (χ0n) is 19.8. The molecule has 0 bridgehead atoms. The minimum Gasteiger partial charge on any atom is -0.455 e. The highest BCUT2D eigenvalue weighted by atomic mass is 19.4. The monoisotopic (exact) mass is 478 g/mol. The molecule has 5 nitrogen and oxygen atoms in total. The van der Waals surface area contributed by atoms with Crippen molar-refractivity contribution in [3.05, 3.63) is 29.8 Å². The Balaban J connectivity index is 1.14. The predicted molar refractivity (Wildman–Crippen MR) is 120 cm³/mol. The summed E-state index contributed by atoms with van der Waals surface area (Å²) in [6.45, 7) is 7.83. The third kappa shape index (κ3) is 3.39. The largest absolute Gasteiger partial charge is 0.455 e. The van der Waals surface area contributed by atoms with Gasteiger partial charge in [-0.15, -0.1) is 0 Å². The first-order valence-corrected chi connectivity index (χ1v) is 12.7. The number of esters is 1. The van der Waals surface area contributed by atoms with Crippen LogP contribution in [0.25, 0.3) is 0 Å². The topological polar surface area (TPSA) is 45.3 Å². The molecule has 3 saturated heterocycles. The number of carbonyl (C=O) groups excluding carboxylic acids is 1. The predicted octanol–water partition coefficient (Wildman–Crippen LogP) is 4.35. The van der Waals surface area contributed by atoms with Crippen LogP contribution in [-0.4, -0.2) is 60.9 Å². The Morgan fingerprint density at radius 2 is 1.85 bits per heavy atom. The minimum atomic E-state index is -4.34. The number of rotatable bonds is 3. The highest BCUT2D eigenvalue weighted by Crippen LogP contribution is 2.66. The third-order valence-corrected chi connectivity index (χ3v) is 9.46.